The van der Waals surface area contributed by atoms with Gasteiger partial charge in [-0.2, -0.15) is 0 Å². The highest BCUT2D eigenvalue weighted by Crippen LogP contribution is 2.45. The van der Waals surface area contributed by atoms with Crippen LogP contribution in [0.15, 0.2) is 0 Å². The molecule has 84 valence electrons. The molecule has 5 heteroatoms. The third-order valence-electron chi connectivity index (χ3n) is 1.72. The Morgan fingerprint density at radius 2 is 1.71 bits per heavy atom. The topological polar surface area (TPSA) is 26.3 Å². The Kier molecular flexibility index (Phi) is 5.03. The molecule has 0 N–H and O–H groups in total. The molecule has 1 unspecified atom stereocenters. The summed E-state index contributed by atoms with van der Waals surface area (Å²) in [5.41, 5.74) is -0.447. The molecule has 2 nitrogen and oxygen atoms in total. The predicted molar refractivity (Wildman–Crippen MR) is 59.9 cm³/mol. The van der Waals surface area contributed by atoms with E-state index >= 15 is 0 Å². The Labute approximate surface area is 99.8 Å². The van der Waals surface area contributed by atoms with Crippen molar-refractivity contribution in [1.29, 1.82) is 0 Å². The summed E-state index contributed by atoms with van der Waals surface area (Å²) in [5.74, 6) is -1.24. The molecular formula is C9H15Cl3O2. The first-order chi connectivity index (χ1) is 6.10. The summed E-state index contributed by atoms with van der Waals surface area (Å²) in [5, 5.41) is 0. The van der Waals surface area contributed by atoms with Crippen molar-refractivity contribution in [1.82, 2.24) is 0 Å². The van der Waals surface area contributed by atoms with Crippen molar-refractivity contribution in [3.63, 3.8) is 0 Å². The predicted octanol–water partition coefficient (Wildman–Crippen LogP) is 3.58. The van der Waals surface area contributed by atoms with Crippen LogP contribution < -0.4 is 0 Å². The van der Waals surface area contributed by atoms with Crippen molar-refractivity contribution in [2.45, 2.75) is 31.5 Å². The number of ether oxygens (including phenoxy) is 1. The molecule has 0 aromatic carbocycles. The Morgan fingerprint density at radius 1 is 1.29 bits per heavy atom. The smallest absolute Gasteiger partial charge is 0.313 e. The fraction of sp³-hybridized carbons (Fsp3) is 0.889. The molecule has 0 saturated carbocycles. The zero-order valence-corrected chi connectivity index (χ0v) is 11.0. The number of carbonyl (C=O) groups is 1. The minimum absolute atomic E-state index is 0.284. The van der Waals surface area contributed by atoms with E-state index in [0.29, 0.717) is 0 Å². The number of alkyl halides is 3. The van der Waals surface area contributed by atoms with E-state index in [9.17, 15) is 4.79 Å². The first-order valence-corrected chi connectivity index (χ1v) is 5.47. The second kappa shape index (κ2) is 4.91. The normalized spacial score (nSPS) is 15.1. The van der Waals surface area contributed by atoms with E-state index in [2.05, 4.69) is 0 Å². The van der Waals surface area contributed by atoms with Crippen molar-refractivity contribution in [3.8, 4) is 0 Å². The molecule has 1 atom stereocenters. The molecule has 0 aliphatic heterocycles. The average Bonchev–Trinajstić information content (AvgIpc) is 1.78. The van der Waals surface area contributed by atoms with Crippen molar-refractivity contribution < 1.29 is 9.53 Å². The summed E-state index contributed by atoms with van der Waals surface area (Å²) in [4.78, 5) is 11.6. The molecule has 0 aliphatic carbocycles. The van der Waals surface area contributed by atoms with E-state index in [0.717, 1.165) is 0 Å². The molecule has 0 fully saturated rings. The molecule has 0 aromatic rings. The fourth-order valence-electron chi connectivity index (χ4n) is 1.20. The molecule has 0 aliphatic rings. The first-order valence-electron chi connectivity index (χ1n) is 4.34. The van der Waals surface area contributed by atoms with Gasteiger partial charge in [0, 0.05) is 0 Å². The lowest BCUT2D eigenvalue weighted by Gasteiger charge is -2.33. The lowest BCUT2D eigenvalue weighted by atomic mass is 9.81. The number of halogens is 3. The SMILES string of the molecule is CCOC(=O)C(C(C)(C)C)C(Cl)(Cl)Cl. The quantitative estimate of drug-likeness (QED) is 0.561. The van der Waals surface area contributed by atoms with Crippen LogP contribution in [0, 0.1) is 11.3 Å². The van der Waals surface area contributed by atoms with Gasteiger partial charge in [-0.25, -0.2) is 0 Å². The number of hydrogen-bond acceptors (Lipinski definition) is 2. The van der Waals surface area contributed by atoms with Gasteiger partial charge in [-0.15, -0.1) is 0 Å². The lowest BCUT2D eigenvalue weighted by molar-refractivity contribution is -0.151. The van der Waals surface area contributed by atoms with Crippen LogP contribution >= 0.6 is 34.8 Å². The van der Waals surface area contributed by atoms with Crippen molar-refractivity contribution >= 4 is 40.8 Å². The Morgan fingerprint density at radius 3 is 1.93 bits per heavy atom. The van der Waals surface area contributed by atoms with Gasteiger partial charge in [-0.1, -0.05) is 55.6 Å². The van der Waals surface area contributed by atoms with Gasteiger partial charge in [0.15, 0.2) is 0 Å². The second-order valence-corrected chi connectivity index (χ2v) is 6.46. The van der Waals surface area contributed by atoms with E-state index in [4.69, 9.17) is 39.5 Å². The summed E-state index contributed by atoms with van der Waals surface area (Å²) in [6.07, 6.45) is 0. The number of hydrogen-bond donors (Lipinski definition) is 0. The van der Waals surface area contributed by atoms with E-state index < -0.39 is 21.1 Å². The molecule has 0 aromatic heterocycles. The molecule has 0 saturated heterocycles. The molecule has 0 heterocycles. The van der Waals surface area contributed by atoms with Gasteiger partial charge in [0.05, 0.1) is 6.61 Å². The molecular weight excluding hydrogens is 246 g/mol. The van der Waals surface area contributed by atoms with Gasteiger partial charge in [-0.05, 0) is 12.3 Å². The molecule has 14 heavy (non-hydrogen) atoms. The minimum Gasteiger partial charge on any atom is -0.466 e. The maximum atomic E-state index is 11.6. The van der Waals surface area contributed by atoms with Crippen LogP contribution in [-0.4, -0.2) is 16.4 Å². The van der Waals surface area contributed by atoms with Crippen LogP contribution in [0.2, 0.25) is 0 Å². The van der Waals surface area contributed by atoms with E-state index in [1.807, 2.05) is 20.8 Å². The fourth-order valence-corrected chi connectivity index (χ4v) is 2.45. The van der Waals surface area contributed by atoms with E-state index in [-0.39, 0.29) is 6.61 Å². The zero-order valence-electron chi connectivity index (χ0n) is 8.73. The van der Waals surface area contributed by atoms with Gasteiger partial charge < -0.3 is 4.74 Å². The minimum atomic E-state index is -1.63. The summed E-state index contributed by atoms with van der Waals surface area (Å²) in [6, 6.07) is 0. The van der Waals surface area contributed by atoms with Crippen molar-refractivity contribution in [3.05, 3.63) is 0 Å². The maximum Gasteiger partial charge on any atom is 0.313 e. The lowest BCUT2D eigenvalue weighted by Crippen LogP contribution is -2.39. The maximum absolute atomic E-state index is 11.6. The van der Waals surface area contributed by atoms with Gasteiger partial charge >= 0.3 is 5.97 Å². The summed E-state index contributed by atoms with van der Waals surface area (Å²) in [6.45, 7) is 7.49. The zero-order chi connectivity index (χ0) is 11.6. The third-order valence-corrected chi connectivity index (χ3v) is 2.37. The van der Waals surface area contributed by atoms with Gasteiger partial charge in [-0.3, -0.25) is 4.79 Å². The molecule has 0 spiro atoms. The average molecular weight is 262 g/mol. The second-order valence-electron chi connectivity index (χ2n) is 4.09. The van der Waals surface area contributed by atoms with Gasteiger partial charge in [0.1, 0.15) is 5.92 Å². The Bertz CT molecular complexity index is 189. The Balaban J connectivity index is 4.84. The number of rotatable bonds is 2. The summed E-state index contributed by atoms with van der Waals surface area (Å²) in [7, 11) is 0. The summed E-state index contributed by atoms with van der Waals surface area (Å²) >= 11 is 17.2. The number of esters is 1. The van der Waals surface area contributed by atoms with Gasteiger partial charge in [0.25, 0.3) is 0 Å². The largest absolute Gasteiger partial charge is 0.466 e. The van der Waals surface area contributed by atoms with E-state index in [1.54, 1.807) is 6.92 Å². The van der Waals surface area contributed by atoms with Crippen LogP contribution in [-0.2, 0) is 9.53 Å². The molecule has 0 radical (unpaired) electrons. The highest BCUT2D eigenvalue weighted by atomic mass is 35.6. The Hall–Kier alpha value is 0.340. The highest BCUT2D eigenvalue weighted by Gasteiger charge is 2.47. The molecule has 0 rings (SSSR count). The third kappa shape index (κ3) is 4.24. The standard InChI is InChI=1S/C9H15Cl3O2/c1-5-14-7(13)6(8(2,3)4)9(10,11)12/h6H,5H2,1-4H3. The van der Waals surface area contributed by atoms with Crippen LogP contribution in [0.1, 0.15) is 27.7 Å². The first kappa shape index (κ1) is 14.3. The summed E-state index contributed by atoms with van der Waals surface area (Å²) < 4.78 is 3.23. The molecule has 0 amide bonds. The van der Waals surface area contributed by atoms with Crippen LogP contribution in [0.3, 0.4) is 0 Å². The van der Waals surface area contributed by atoms with Crippen molar-refractivity contribution in [2.24, 2.45) is 11.3 Å². The van der Waals surface area contributed by atoms with Gasteiger partial charge in [0.2, 0.25) is 3.79 Å². The van der Waals surface area contributed by atoms with Crippen molar-refractivity contribution in [2.75, 3.05) is 6.61 Å². The van der Waals surface area contributed by atoms with E-state index in [1.165, 1.54) is 0 Å². The van der Waals surface area contributed by atoms with Crippen LogP contribution in [0.5, 0.6) is 0 Å². The van der Waals surface area contributed by atoms with Crippen LogP contribution in [0.25, 0.3) is 0 Å². The molecule has 0 bridgehead atoms. The highest BCUT2D eigenvalue weighted by molar-refractivity contribution is 6.68. The monoisotopic (exact) mass is 260 g/mol. The number of carbonyl (C=O) groups excluding carboxylic acids is 1. The van der Waals surface area contributed by atoms with Crippen LogP contribution in [0.4, 0.5) is 0 Å².